The Balaban J connectivity index is 1.66. The molecular weight excluding hydrogens is 447 g/mol. The molecule has 0 saturated carbocycles. The van der Waals surface area contributed by atoms with Gasteiger partial charge in [0.2, 0.25) is 0 Å². The zero-order chi connectivity index (χ0) is 22.1. The first-order valence-corrected chi connectivity index (χ1v) is 11.1. The third-order valence-corrected chi connectivity index (χ3v) is 6.27. The summed E-state index contributed by atoms with van der Waals surface area (Å²) < 4.78 is 0. The summed E-state index contributed by atoms with van der Waals surface area (Å²) in [4.78, 5) is 11.6. The molecule has 0 fully saturated rings. The summed E-state index contributed by atoms with van der Waals surface area (Å²) in [6.45, 7) is 1.10. The van der Waals surface area contributed by atoms with Crippen LogP contribution in [0.25, 0.3) is 0 Å². The van der Waals surface area contributed by atoms with Crippen molar-refractivity contribution in [2.24, 2.45) is 0 Å². The van der Waals surface area contributed by atoms with Crippen molar-refractivity contribution < 1.29 is 15.0 Å². The number of rotatable bonds is 12. The summed E-state index contributed by atoms with van der Waals surface area (Å²) in [6.07, 6.45) is 3.41. The molecule has 0 spiro atoms. The Morgan fingerprint density at radius 2 is 1.67 bits per heavy atom. The van der Waals surface area contributed by atoms with E-state index in [1.54, 1.807) is 30.3 Å². The van der Waals surface area contributed by atoms with Crippen LogP contribution in [-0.2, 0) is 4.79 Å². The summed E-state index contributed by atoms with van der Waals surface area (Å²) in [6, 6.07) is 10.4. The molecule has 0 amide bonds. The van der Waals surface area contributed by atoms with Crippen molar-refractivity contribution in [3.05, 3.63) is 62.6 Å². The van der Waals surface area contributed by atoms with Crippen LogP contribution in [-0.4, -0.2) is 29.3 Å². The minimum absolute atomic E-state index is 0.254. The zero-order valence-electron chi connectivity index (χ0n) is 16.6. The van der Waals surface area contributed by atoms with Crippen LogP contribution in [0.4, 0.5) is 5.69 Å². The highest BCUT2D eigenvalue weighted by Crippen LogP contribution is 2.34. The van der Waals surface area contributed by atoms with Crippen molar-refractivity contribution in [2.45, 2.75) is 44.1 Å². The number of halogens is 3. The molecular formula is C22H27Cl3N2O3. The molecule has 0 aliphatic carbocycles. The van der Waals surface area contributed by atoms with Crippen molar-refractivity contribution in [3.8, 4) is 0 Å². The van der Waals surface area contributed by atoms with E-state index in [9.17, 15) is 15.0 Å². The monoisotopic (exact) mass is 472 g/mol. The Morgan fingerprint density at radius 3 is 2.37 bits per heavy atom. The fraction of sp³-hybridized carbons (Fsp3) is 0.409. The largest absolute Gasteiger partial charge is 0.481 e. The molecule has 2 rings (SSSR count). The maximum atomic E-state index is 11.6. The minimum atomic E-state index is -0.847. The van der Waals surface area contributed by atoms with Gasteiger partial charge >= 0.3 is 5.97 Å². The molecule has 5 nitrogen and oxygen atoms in total. The van der Waals surface area contributed by atoms with Crippen molar-refractivity contribution in [1.82, 2.24) is 5.32 Å². The Labute approximate surface area is 192 Å². The Bertz CT molecular complexity index is 848. The number of nitrogen functional groups attached to an aromatic ring is 1. The lowest BCUT2D eigenvalue weighted by molar-refractivity contribution is -0.139. The smallest absolute Gasteiger partial charge is 0.311 e. The minimum Gasteiger partial charge on any atom is -0.481 e. The Morgan fingerprint density at radius 1 is 0.967 bits per heavy atom. The van der Waals surface area contributed by atoms with Gasteiger partial charge in [-0.25, -0.2) is 0 Å². The first-order chi connectivity index (χ1) is 14.3. The molecule has 0 aliphatic heterocycles. The van der Waals surface area contributed by atoms with Gasteiger partial charge in [-0.15, -0.1) is 0 Å². The van der Waals surface area contributed by atoms with E-state index < -0.39 is 18.0 Å². The molecule has 30 heavy (non-hydrogen) atoms. The van der Waals surface area contributed by atoms with E-state index >= 15 is 0 Å². The van der Waals surface area contributed by atoms with E-state index in [1.807, 2.05) is 6.07 Å². The number of anilines is 1. The first kappa shape index (κ1) is 24.8. The molecule has 8 heteroatoms. The standard InChI is InChI=1S/C22H27Cl3N2O3/c23-17-9-5-4-7-14(17)15(22(29)30)8-3-1-2-6-12-27-13-19(28)16-10-11-18(26)21(25)20(16)24/h4-5,7,9-11,15,19,27-28H,1-3,6,8,12-13,26H2,(H,29,30). The van der Waals surface area contributed by atoms with Gasteiger partial charge in [0.05, 0.1) is 27.8 Å². The molecule has 0 saturated heterocycles. The number of carbonyl (C=O) groups is 1. The second-order valence-electron chi connectivity index (χ2n) is 7.21. The van der Waals surface area contributed by atoms with Gasteiger partial charge in [0, 0.05) is 17.1 Å². The normalized spacial score (nSPS) is 13.2. The van der Waals surface area contributed by atoms with Crippen molar-refractivity contribution in [3.63, 3.8) is 0 Å². The van der Waals surface area contributed by atoms with Crippen LogP contribution >= 0.6 is 34.8 Å². The maximum absolute atomic E-state index is 11.6. The number of hydrogen-bond acceptors (Lipinski definition) is 4. The average molecular weight is 474 g/mol. The number of carboxylic acids is 1. The molecule has 0 radical (unpaired) electrons. The number of benzene rings is 2. The lowest BCUT2D eigenvalue weighted by Crippen LogP contribution is -2.22. The number of aliphatic hydroxyl groups excluding tert-OH is 1. The maximum Gasteiger partial charge on any atom is 0.311 e. The fourth-order valence-electron chi connectivity index (χ4n) is 3.31. The quantitative estimate of drug-likeness (QED) is 0.235. The summed E-state index contributed by atoms with van der Waals surface area (Å²) in [5.41, 5.74) is 7.29. The number of hydrogen-bond donors (Lipinski definition) is 4. The molecule has 2 aromatic rings. The van der Waals surface area contributed by atoms with Gasteiger partial charge in [-0.2, -0.15) is 0 Å². The summed E-state index contributed by atoms with van der Waals surface area (Å²) in [7, 11) is 0. The Kier molecular flexibility index (Phi) is 10.2. The van der Waals surface area contributed by atoms with E-state index in [0.29, 0.717) is 34.8 Å². The lowest BCUT2D eigenvalue weighted by atomic mass is 9.93. The van der Waals surface area contributed by atoms with Crippen LogP contribution in [0.5, 0.6) is 0 Å². The van der Waals surface area contributed by atoms with Gasteiger partial charge in [-0.05, 0) is 37.1 Å². The predicted octanol–water partition coefficient (Wildman–Crippen LogP) is 5.67. The van der Waals surface area contributed by atoms with E-state index in [-0.39, 0.29) is 10.0 Å². The van der Waals surface area contributed by atoms with Crippen molar-refractivity contribution >= 4 is 46.5 Å². The summed E-state index contributed by atoms with van der Waals surface area (Å²) >= 11 is 18.3. The number of nitrogens with two attached hydrogens (primary N) is 1. The summed E-state index contributed by atoms with van der Waals surface area (Å²) in [5.74, 6) is -1.43. The highest BCUT2D eigenvalue weighted by atomic mass is 35.5. The van der Waals surface area contributed by atoms with Crippen LogP contribution in [0, 0.1) is 0 Å². The van der Waals surface area contributed by atoms with Gasteiger partial charge < -0.3 is 21.3 Å². The fourth-order valence-corrected chi connectivity index (χ4v) is 4.04. The topological polar surface area (TPSA) is 95.6 Å². The number of aliphatic hydroxyl groups is 1. The molecule has 0 heterocycles. The molecule has 0 bridgehead atoms. The van der Waals surface area contributed by atoms with Crippen molar-refractivity contribution in [2.75, 3.05) is 18.8 Å². The molecule has 5 N–H and O–H groups in total. The van der Waals surface area contributed by atoms with Gasteiger partial charge in [-0.3, -0.25) is 4.79 Å². The molecule has 2 aromatic carbocycles. The molecule has 164 valence electrons. The van der Waals surface area contributed by atoms with Crippen molar-refractivity contribution in [1.29, 1.82) is 0 Å². The van der Waals surface area contributed by atoms with E-state index in [4.69, 9.17) is 40.5 Å². The second-order valence-corrected chi connectivity index (χ2v) is 8.37. The van der Waals surface area contributed by atoms with Gasteiger partial charge in [-0.1, -0.05) is 78.3 Å². The highest BCUT2D eigenvalue weighted by molar-refractivity contribution is 6.44. The van der Waals surface area contributed by atoms with Crippen LogP contribution < -0.4 is 11.1 Å². The Hall–Kier alpha value is -1.50. The van der Waals surface area contributed by atoms with Crippen LogP contribution in [0.3, 0.4) is 0 Å². The molecule has 0 aliphatic rings. The van der Waals surface area contributed by atoms with Gasteiger partial charge in [0.25, 0.3) is 0 Å². The highest BCUT2D eigenvalue weighted by Gasteiger charge is 2.21. The summed E-state index contributed by atoms with van der Waals surface area (Å²) in [5, 5.41) is 24.0. The van der Waals surface area contributed by atoms with Gasteiger partial charge in [0.1, 0.15) is 0 Å². The van der Waals surface area contributed by atoms with Crippen LogP contribution in [0.15, 0.2) is 36.4 Å². The van der Waals surface area contributed by atoms with Crippen LogP contribution in [0.1, 0.15) is 55.3 Å². The number of carboxylic acid groups (broad SMARTS) is 1. The number of aliphatic carboxylic acids is 1. The third kappa shape index (κ3) is 7.03. The SMILES string of the molecule is Nc1ccc(C(O)CNCCCCCCC(C(=O)O)c2ccccc2Cl)c(Cl)c1Cl. The molecule has 2 unspecified atom stereocenters. The number of nitrogens with one attached hydrogen (secondary N) is 1. The van der Waals surface area contributed by atoms with E-state index in [1.165, 1.54) is 0 Å². The van der Waals surface area contributed by atoms with E-state index in [2.05, 4.69) is 5.32 Å². The third-order valence-electron chi connectivity index (χ3n) is 5.01. The van der Waals surface area contributed by atoms with Crippen LogP contribution in [0.2, 0.25) is 15.1 Å². The second kappa shape index (κ2) is 12.4. The van der Waals surface area contributed by atoms with Gasteiger partial charge in [0.15, 0.2) is 0 Å². The lowest BCUT2D eigenvalue weighted by Gasteiger charge is -2.15. The zero-order valence-corrected chi connectivity index (χ0v) is 18.9. The van der Waals surface area contributed by atoms with E-state index in [0.717, 1.165) is 32.2 Å². The predicted molar refractivity (Wildman–Crippen MR) is 124 cm³/mol. The molecule has 0 aromatic heterocycles. The first-order valence-electron chi connectivity index (χ1n) is 9.92. The average Bonchev–Trinajstić information content (AvgIpc) is 2.71. The molecule has 2 atom stereocenters. The number of unbranched alkanes of at least 4 members (excludes halogenated alkanes) is 3.